The van der Waals surface area contributed by atoms with Gasteiger partial charge < -0.3 is 9.64 Å². The molecule has 1 aromatic rings. The number of pyridine rings is 1. The summed E-state index contributed by atoms with van der Waals surface area (Å²) in [6.45, 7) is 5.01. The Morgan fingerprint density at radius 3 is 2.88 bits per heavy atom. The average molecular weight is 237 g/mol. The van der Waals surface area contributed by atoms with Crippen molar-refractivity contribution in [2.75, 3.05) is 31.2 Å². The number of hydrogen-bond donors (Lipinski definition) is 0. The van der Waals surface area contributed by atoms with Crippen LogP contribution in [0.3, 0.4) is 0 Å². The van der Waals surface area contributed by atoms with E-state index in [0.717, 1.165) is 37.7 Å². The van der Waals surface area contributed by atoms with Crippen molar-refractivity contribution in [2.24, 2.45) is 0 Å². The topological polar surface area (TPSA) is 25.4 Å². The fourth-order valence-electron chi connectivity index (χ4n) is 1.69. The Morgan fingerprint density at radius 1 is 1.44 bits per heavy atom. The second-order valence-corrected chi connectivity index (χ2v) is 3.93. The van der Waals surface area contributed by atoms with E-state index in [-0.39, 0.29) is 0 Å². The maximum atomic E-state index is 5.97. The van der Waals surface area contributed by atoms with Crippen LogP contribution in [0.5, 0.6) is 0 Å². The second kappa shape index (κ2) is 5.20. The standard InChI is InChI=1S/C12H13ClN2O/c1-2-3-11-12(8-10(13)9-14-11)15-4-6-16-7-5-15/h8-9H,4-7H2,1H3. The highest BCUT2D eigenvalue weighted by Crippen LogP contribution is 2.23. The van der Waals surface area contributed by atoms with Crippen LogP contribution in [0.25, 0.3) is 0 Å². The molecular formula is C12H13ClN2O. The normalized spacial score (nSPS) is 15.5. The number of morpholine rings is 1. The summed E-state index contributed by atoms with van der Waals surface area (Å²) in [5.41, 5.74) is 1.79. The van der Waals surface area contributed by atoms with Gasteiger partial charge in [0.15, 0.2) is 0 Å². The quantitative estimate of drug-likeness (QED) is 0.697. The minimum Gasteiger partial charge on any atom is -0.378 e. The number of anilines is 1. The summed E-state index contributed by atoms with van der Waals surface area (Å²) >= 11 is 5.97. The summed E-state index contributed by atoms with van der Waals surface area (Å²) in [6.07, 6.45) is 1.63. The number of hydrogen-bond acceptors (Lipinski definition) is 3. The zero-order valence-corrected chi connectivity index (χ0v) is 9.92. The van der Waals surface area contributed by atoms with Crippen molar-refractivity contribution in [1.82, 2.24) is 4.98 Å². The van der Waals surface area contributed by atoms with E-state index in [2.05, 4.69) is 21.7 Å². The lowest BCUT2D eigenvalue weighted by atomic mass is 10.2. The van der Waals surface area contributed by atoms with Crippen LogP contribution in [0.2, 0.25) is 5.02 Å². The van der Waals surface area contributed by atoms with Gasteiger partial charge in [0.2, 0.25) is 0 Å². The van der Waals surface area contributed by atoms with Crippen molar-refractivity contribution in [3.63, 3.8) is 0 Å². The molecule has 0 N–H and O–H groups in total. The molecule has 2 rings (SSSR count). The molecule has 1 aromatic heterocycles. The summed E-state index contributed by atoms with van der Waals surface area (Å²) < 4.78 is 5.32. The molecule has 1 fully saturated rings. The minimum atomic E-state index is 0.642. The summed E-state index contributed by atoms with van der Waals surface area (Å²) in [5, 5.41) is 0.642. The van der Waals surface area contributed by atoms with Crippen molar-refractivity contribution < 1.29 is 4.74 Å². The fraction of sp³-hybridized carbons (Fsp3) is 0.417. The highest BCUT2D eigenvalue weighted by Gasteiger charge is 2.15. The van der Waals surface area contributed by atoms with Gasteiger partial charge in [-0.2, -0.15) is 0 Å². The first-order valence-electron chi connectivity index (χ1n) is 5.22. The van der Waals surface area contributed by atoms with Crippen LogP contribution < -0.4 is 4.90 Å². The van der Waals surface area contributed by atoms with Crippen LogP contribution in [0, 0.1) is 11.8 Å². The third-order valence-electron chi connectivity index (χ3n) is 2.43. The Balaban J connectivity index is 2.34. The lowest BCUT2D eigenvalue weighted by Crippen LogP contribution is -2.36. The van der Waals surface area contributed by atoms with E-state index >= 15 is 0 Å². The molecule has 0 saturated carbocycles. The molecule has 0 aliphatic carbocycles. The molecule has 1 aliphatic rings. The minimum absolute atomic E-state index is 0.642. The summed E-state index contributed by atoms with van der Waals surface area (Å²) in [4.78, 5) is 6.47. The van der Waals surface area contributed by atoms with Crippen molar-refractivity contribution >= 4 is 17.3 Å². The summed E-state index contributed by atoms with van der Waals surface area (Å²) in [6, 6.07) is 1.92. The maximum absolute atomic E-state index is 5.97. The van der Waals surface area contributed by atoms with E-state index in [9.17, 15) is 0 Å². The van der Waals surface area contributed by atoms with E-state index < -0.39 is 0 Å². The van der Waals surface area contributed by atoms with E-state index in [1.54, 1.807) is 13.1 Å². The highest BCUT2D eigenvalue weighted by atomic mass is 35.5. The van der Waals surface area contributed by atoms with Crippen LogP contribution in [-0.2, 0) is 4.74 Å². The predicted octanol–water partition coefficient (Wildman–Crippen LogP) is 1.94. The molecule has 1 saturated heterocycles. The molecule has 0 amide bonds. The van der Waals surface area contributed by atoms with Crippen LogP contribution in [-0.4, -0.2) is 31.3 Å². The Labute approximate surface area is 100 Å². The smallest absolute Gasteiger partial charge is 0.136 e. The Hall–Kier alpha value is -1.24. The molecule has 4 heteroatoms. The Morgan fingerprint density at radius 2 is 2.19 bits per heavy atom. The molecule has 0 spiro atoms. The van der Waals surface area contributed by atoms with Crippen LogP contribution in [0.15, 0.2) is 12.3 Å². The first-order valence-corrected chi connectivity index (χ1v) is 5.60. The molecule has 0 bridgehead atoms. The summed E-state index contributed by atoms with van der Waals surface area (Å²) in [7, 11) is 0. The average Bonchev–Trinajstić information content (AvgIpc) is 2.33. The highest BCUT2D eigenvalue weighted by molar-refractivity contribution is 6.30. The lowest BCUT2D eigenvalue weighted by molar-refractivity contribution is 0.122. The number of ether oxygens (including phenoxy) is 1. The van der Waals surface area contributed by atoms with Gasteiger partial charge in [-0.05, 0) is 18.9 Å². The number of aromatic nitrogens is 1. The SMILES string of the molecule is CC#Cc1ncc(Cl)cc1N1CCOCC1. The van der Waals surface area contributed by atoms with Crippen molar-refractivity contribution in [2.45, 2.75) is 6.92 Å². The largest absolute Gasteiger partial charge is 0.378 e. The molecule has 0 unspecified atom stereocenters. The molecular weight excluding hydrogens is 224 g/mol. The molecule has 0 atom stereocenters. The van der Waals surface area contributed by atoms with Crippen molar-refractivity contribution in [3.8, 4) is 11.8 Å². The Kier molecular flexibility index (Phi) is 3.66. The maximum Gasteiger partial charge on any atom is 0.136 e. The van der Waals surface area contributed by atoms with E-state index in [0.29, 0.717) is 5.02 Å². The van der Waals surface area contributed by atoms with E-state index in [4.69, 9.17) is 16.3 Å². The van der Waals surface area contributed by atoms with Gasteiger partial charge in [0, 0.05) is 19.3 Å². The lowest BCUT2D eigenvalue weighted by Gasteiger charge is -2.29. The molecule has 2 heterocycles. The zero-order chi connectivity index (χ0) is 11.4. The molecule has 16 heavy (non-hydrogen) atoms. The van der Waals surface area contributed by atoms with Gasteiger partial charge in [-0.1, -0.05) is 17.5 Å². The van der Waals surface area contributed by atoms with E-state index in [1.165, 1.54) is 0 Å². The Bertz CT molecular complexity index is 430. The van der Waals surface area contributed by atoms with Gasteiger partial charge in [-0.15, -0.1) is 0 Å². The molecule has 3 nitrogen and oxygen atoms in total. The first kappa shape index (κ1) is 11.3. The van der Waals surface area contributed by atoms with E-state index in [1.807, 2.05) is 6.07 Å². The van der Waals surface area contributed by atoms with Gasteiger partial charge >= 0.3 is 0 Å². The number of halogens is 1. The van der Waals surface area contributed by atoms with Crippen LogP contribution in [0.4, 0.5) is 5.69 Å². The number of rotatable bonds is 1. The first-order chi connectivity index (χ1) is 7.81. The van der Waals surface area contributed by atoms with Gasteiger partial charge in [0.1, 0.15) is 5.69 Å². The predicted molar refractivity (Wildman–Crippen MR) is 64.8 cm³/mol. The number of nitrogens with zero attached hydrogens (tertiary/aromatic N) is 2. The van der Waals surface area contributed by atoms with Crippen LogP contribution in [0.1, 0.15) is 12.6 Å². The van der Waals surface area contributed by atoms with Gasteiger partial charge in [-0.3, -0.25) is 0 Å². The van der Waals surface area contributed by atoms with Crippen molar-refractivity contribution in [3.05, 3.63) is 23.0 Å². The molecule has 0 radical (unpaired) electrons. The van der Waals surface area contributed by atoms with Gasteiger partial charge in [0.05, 0.1) is 23.9 Å². The van der Waals surface area contributed by atoms with Gasteiger partial charge in [0.25, 0.3) is 0 Å². The molecule has 0 aromatic carbocycles. The molecule has 1 aliphatic heterocycles. The fourth-order valence-corrected chi connectivity index (χ4v) is 1.84. The van der Waals surface area contributed by atoms with Crippen LogP contribution >= 0.6 is 11.6 Å². The second-order valence-electron chi connectivity index (χ2n) is 3.50. The van der Waals surface area contributed by atoms with Crippen molar-refractivity contribution in [1.29, 1.82) is 0 Å². The summed E-state index contributed by atoms with van der Waals surface area (Å²) in [5.74, 6) is 5.87. The zero-order valence-electron chi connectivity index (χ0n) is 9.16. The third kappa shape index (κ3) is 2.46. The van der Waals surface area contributed by atoms with Gasteiger partial charge in [-0.25, -0.2) is 4.98 Å². The monoisotopic (exact) mass is 236 g/mol. The molecule has 84 valence electrons. The third-order valence-corrected chi connectivity index (χ3v) is 2.64.